The van der Waals surface area contributed by atoms with E-state index >= 15 is 0 Å². The van der Waals surface area contributed by atoms with Crippen molar-refractivity contribution in [1.82, 2.24) is 0 Å². The van der Waals surface area contributed by atoms with Crippen molar-refractivity contribution in [3.05, 3.63) is 111 Å². The predicted molar refractivity (Wildman–Crippen MR) is 101 cm³/mol. The summed E-state index contributed by atoms with van der Waals surface area (Å²) >= 11 is 3.48. The zero-order chi connectivity index (χ0) is 16.5. The number of halogens is 1. The predicted octanol–water partition coefficient (Wildman–Crippen LogP) is 5.86. The quantitative estimate of drug-likeness (QED) is 0.513. The van der Waals surface area contributed by atoms with Gasteiger partial charge in [0.15, 0.2) is 5.78 Å². The first-order valence-corrected chi connectivity index (χ1v) is 8.69. The molecule has 3 aromatic carbocycles. The van der Waals surface area contributed by atoms with E-state index in [1.54, 1.807) is 0 Å². The van der Waals surface area contributed by atoms with Gasteiger partial charge in [0.05, 0.1) is 0 Å². The Morgan fingerprint density at radius 3 is 2.21 bits per heavy atom. The summed E-state index contributed by atoms with van der Waals surface area (Å²) in [6, 6.07) is 26.2. The van der Waals surface area contributed by atoms with E-state index in [1.165, 1.54) is 0 Å². The standard InChI is InChI=1S/C22H15BrO/c23-17-12-10-16(11-13-17)21-18-8-4-5-9-19(18)22(24)20(21)14-15-6-2-1-3-7-15/h1-14,21H/b20-14+. The number of hydrogen-bond donors (Lipinski definition) is 0. The largest absolute Gasteiger partial charge is 0.289 e. The highest BCUT2D eigenvalue weighted by atomic mass is 79.9. The average Bonchev–Trinajstić information content (AvgIpc) is 2.89. The van der Waals surface area contributed by atoms with Gasteiger partial charge in [-0.25, -0.2) is 0 Å². The molecule has 0 aromatic heterocycles. The molecular formula is C22H15BrO. The Hall–Kier alpha value is -2.45. The molecule has 0 aliphatic heterocycles. The van der Waals surface area contributed by atoms with Crippen LogP contribution < -0.4 is 0 Å². The summed E-state index contributed by atoms with van der Waals surface area (Å²) in [6.45, 7) is 0. The molecule has 1 aliphatic carbocycles. The molecule has 1 aliphatic rings. The highest BCUT2D eigenvalue weighted by Crippen LogP contribution is 2.43. The summed E-state index contributed by atoms with van der Waals surface area (Å²) in [4.78, 5) is 13.0. The molecule has 116 valence electrons. The number of carbonyl (C=O) groups excluding carboxylic acids is 1. The van der Waals surface area contributed by atoms with E-state index in [9.17, 15) is 4.79 Å². The number of Topliss-reactive ketones (excluding diaryl/α,β-unsaturated/α-hetero) is 1. The molecule has 0 spiro atoms. The van der Waals surface area contributed by atoms with Gasteiger partial charge in [0.2, 0.25) is 0 Å². The normalized spacial score (nSPS) is 18.0. The summed E-state index contributed by atoms with van der Waals surface area (Å²) in [7, 11) is 0. The van der Waals surface area contributed by atoms with Crippen molar-refractivity contribution in [3.63, 3.8) is 0 Å². The highest BCUT2D eigenvalue weighted by Gasteiger charge is 2.35. The zero-order valence-corrected chi connectivity index (χ0v) is 14.5. The third kappa shape index (κ3) is 2.63. The van der Waals surface area contributed by atoms with Crippen molar-refractivity contribution in [2.24, 2.45) is 0 Å². The number of allylic oxidation sites excluding steroid dienone is 1. The molecule has 0 saturated carbocycles. The third-order valence-electron chi connectivity index (χ3n) is 4.41. The molecular weight excluding hydrogens is 360 g/mol. The van der Waals surface area contributed by atoms with Gasteiger partial charge in [0.1, 0.15) is 0 Å². The van der Waals surface area contributed by atoms with Crippen LogP contribution in [-0.2, 0) is 0 Å². The van der Waals surface area contributed by atoms with E-state index in [4.69, 9.17) is 0 Å². The number of rotatable bonds is 2. The first-order valence-electron chi connectivity index (χ1n) is 7.90. The molecule has 4 rings (SSSR count). The maximum atomic E-state index is 13.0. The van der Waals surface area contributed by atoms with Crippen LogP contribution in [0.2, 0.25) is 0 Å². The summed E-state index contributed by atoms with van der Waals surface area (Å²) < 4.78 is 1.04. The second-order valence-corrected chi connectivity index (χ2v) is 6.83. The average molecular weight is 375 g/mol. The van der Waals surface area contributed by atoms with Crippen molar-refractivity contribution in [2.45, 2.75) is 5.92 Å². The molecule has 0 bridgehead atoms. The van der Waals surface area contributed by atoms with E-state index in [0.717, 1.165) is 32.3 Å². The summed E-state index contributed by atoms with van der Waals surface area (Å²) in [6.07, 6.45) is 2.02. The topological polar surface area (TPSA) is 17.1 Å². The minimum absolute atomic E-state index is 0.0120. The molecule has 1 atom stereocenters. The second kappa shape index (κ2) is 6.21. The van der Waals surface area contributed by atoms with E-state index in [1.807, 2.05) is 66.7 Å². The first-order chi connectivity index (χ1) is 11.7. The second-order valence-electron chi connectivity index (χ2n) is 5.91. The number of carbonyl (C=O) groups is 1. The zero-order valence-electron chi connectivity index (χ0n) is 12.9. The van der Waals surface area contributed by atoms with Gasteiger partial charge in [0, 0.05) is 21.5 Å². The van der Waals surface area contributed by atoms with Gasteiger partial charge in [-0.05, 0) is 34.9 Å². The molecule has 0 fully saturated rings. The van der Waals surface area contributed by atoms with Gasteiger partial charge in [-0.2, -0.15) is 0 Å². The minimum atomic E-state index is -0.0120. The number of ketones is 1. The SMILES string of the molecule is O=C1/C(=C/c2ccccc2)C(c2ccc(Br)cc2)c2ccccc21. The summed E-state index contributed by atoms with van der Waals surface area (Å²) in [5, 5.41) is 0. The molecule has 0 amide bonds. The Balaban J connectivity index is 1.90. The van der Waals surface area contributed by atoms with Crippen LogP contribution in [0.4, 0.5) is 0 Å². The Labute approximate surface area is 149 Å². The van der Waals surface area contributed by atoms with Gasteiger partial charge in [-0.15, -0.1) is 0 Å². The molecule has 0 N–H and O–H groups in total. The minimum Gasteiger partial charge on any atom is -0.289 e. The van der Waals surface area contributed by atoms with Crippen LogP contribution in [-0.4, -0.2) is 5.78 Å². The fraction of sp³-hybridized carbons (Fsp3) is 0.0455. The van der Waals surface area contributed by atoms with E-state index in [-0.39, 0.29) is 11.7 Å². The molecule has 24 heavy (non-hydrogen) atoms. The smallest absolute Gasteiger partial charge is 0.190 e. The highest BCUT2D eigenvalue weighted by molar-refractivity contribution is 9.10. The number of benzene rings is 3. The lowest BCUT2D eigenvalue weighted by Gasteiger charge is -2.14. The van der Waals surface area contributed by atoms with Crippen LogP contribution in [0.5, 0.6) is 0 Å². The van der Waals surface area contributed by atoms with Crippen LogP contribution in [0.15, 0.2) is 88.9 Å². The fourth-order valence-corrected chi connectivity index (χ4v) is 3.57. The van der Waals surface area contributed by atoms with E-state index in [2.05, 4.69) is 34.1 Å². The summed E-state index contributed by atoms with van der Waals surface area (Å²) in [5.74, 6) is 0.115. The Bertz CT molecular complexity index is 924. The van der Waals surface area contributed by atoms with E-state index < -0.39 is 0 Å². The van der Waals surface area contributed by atoms with Crippen LogP contribution >= 0.6 is 15.9 Å². The molecule has 0 heterocycles. The number of fused-ring (bicyclic) bond motifs is 1. The molecule has 1 unspecified atom stereocenters. The molecule has 0 saturated heterocycles. The van der Waals surface area contributed by atoms with E-state index in [0.29, 0.717) is 0 Å². The Morgan fingerprint density at radius 2 is 1.46 bits per heavy atom. The maximum Gasteiger partial charge on any atom is 0.190 e. The molecule has 0 radical (unpaired) electrons. The maximum absolute atomic E-state index is 13.0. The first kappa shape index (κ1) is 15.1. The van der Waals surface area contributed by atoms with Crippen molar-refractivity contribution in [3.8, 4) is 0 Å². The lowest BCUT2D eigenvalue weighted by molar-refractivity contribution is 0.103. The van der Waals surface area contributed by atoms with Crippen molar-refractivity contribution in [2.75, 3.05) is 0 Å². The van der Waals surface area contributed by atoms with Crippen LogP contribution in [0.25, 0.3) is 6.08 Å². The Kier molecular flexibility index (Phi) is 3.91. The lowest BCUT2D eigenvalue weighted by Crippen LogP contribution is -2.02. The van der Waals surface area contributed by atoms with Crippen molar-refractivity contribution < 1.29 is 4.79 Å². The van der Waals surface area contributed by atoms with Gasteiger partial charge in [-0.3, -0.25) is 4.79 Å². The fourth-order valence-electron chi connectivity index (χ4n) is 3.30. The molecule has 3 aromatic rings. The molecule has 1 nitrogen and oxygen atoms in total. The van der Waals surface area contributed by atoms with Gasteiger partial charge in [0.25, 0.3) is 0 Å². The van der Waals surface area contributed by atoms with Crippen LogP contribution in [0.1, 0.15) is 33.0 Å². The van der Waals surface area contributed by atoms with Crippen molar-refractivity contribution in [1.29, 1.82) is 0 Å². The van der Waals surface area contributed by atoms with Crippen LogP contribution in [0.3, 0.4) is 0 Å². The van der Waals surface area contributed by atoms with Gasteiger partial charge < -0.3 is 0 Å². The van der Waals surface area contributed by atoms with Gasteiger partial charge in [-0.1, -0.05) is 82.7 Å². The lowest BCUT2D eigenvalue weighted by atomic mass is 9.89. The summed E-state index contributed by atoms with van der Waals surface area (Å²) in [5.41, 5.74) is 4.93. The third-order valence-corrected chi connectivity index (χ3v) is 4.94. The van der Waals surface area contributed by atoms with Gasteiger partial charge >= 0.3 is 0 Å². The van der Waals surface area contributed by atoms with Crippen molar-refractivity contribution >= 4 is 27.8 Å². The number of hydrogen-bond acceptors (Lipinski definition) is 1. The Morgan fingerprint density at radius 1 is 0.792 bits per heavy atom. The van der Waals surface area contributed by atoms with Crippen LogP contribution in [0, 0.1) is 0 Å². The molecule has 2 heteroatoms. The monoisotopic (exact) mass is 374 g/mol.